The summed E-state index contributed by atoms with van der Waals surface area (Å²) in [5, 5.41) is 8.78. The second-order valence-electron chi connectivity index (χ2n) is 4.88. The first-order valence-electron chi connectivity index (χ1n) is 6.32. The third-order valence-corrected chi connectivity index (χ3v) is 5.23. The number of nitrogens with zero attached hydrogens (tertiary/aromatic N) is 2. The molecule has 0 spiro atoms. The van der Waals surface area contributed by atoms with Crippen molar-refractivity contribution < 1.29 is 18.3 Å². The first kappa shape index (κ1) is 14.7. The average molecular weight is 336 g/mol. The number of aliphatic carboxylic acids is 1. The van der Waals surface area contributed by atoms with Gasteiger partial charge in [0.25, 0.3) is 0 Å². The van der Waals surface area contributed by atoms with Crippen LogP contribution in [0.2, 0.25) is 0 Å². The van der Waals surface area contributed by atoms with E-state index in [1.165, 1.54) is 17.6 Å². The molecule has 22 heavy (non-hydrogen) atoms. The lowest BCUT2D eigenvalue weighted by atomic mass is 10.2. The molecule has 0 atom stereocenters. The van der Waals surface area contributed by atoms with E-state index in [1.54, 1.807) is 41.1 Å². The number of thiazole rings is 1. The Bertz CT molecular complexity index is 921. The lowest BCUT2D eigenvalue weighted by Gasteiger charge is -1.99. The van der Waals surface area contributed by atoms with Gasteiger partial charge in [0.05, 0.1) is 17.0 Å². The van der Waals surface area contributed by atoms with E-state index >= 15 is 0 Å². The molecular weight excluding hydrogens is 324 g/mol. The van der Waals surface area contributed by atoms with Gasteiger partial charge in [-0.2, -0.15) is 0 Å². The number of benzene rings is 1. The number of hydrogen-bond acceptors (Lipinski definition) is 5. The van der Waals surface area contributed by atoms with Crippen LogP contribution in [0.3, 0.4) is 0 Å². The number of aromatic nitrogens is 2. The standard InChI is InChI=1S/C14H12N2O4S2/c1-22(19,20)11-4-2-9(3-5-11)12-8-16-7-10(6-13(17)18)21-14(16)15-12/h2-5,7-8H,6H2,1H3,(H,17,18). The van der Waals surface area contributed by atoms with E-state index in [0.717, 1.165) is 10.4 Å². The summed E-state index contributed by atoms with van der Waals surface area (Å²) in [7, 11) is -3.21. The fourth-order valence-corrected chi connectivity index (χ4v) is 3.67. The van der Waals surface area contributed by atoms with E-state index in [1.807, 2.05) is 0 Å². The van der Waals surface area contributed by atoms with Gasteiger partial charge in [0.2, 0.25) is 0 Å². The summed E-state index contributed by atoms with van der Waals surface area (Å²) in [6.45, 7) is 0. The Labute approximate surface area is 130 Å². The molecule has 0 bridgehead atoms. The predicted octanol–water partition coefficient (Wildman–Crippen LogP) is 2.09. The van der Waals surface area contributed by atoms with Crippen molar-refractivity contribution in [1.29, 1.82) is 0 Å². The Morgan fingerprint density at radius 3 is 2.50 bits per heavy atom. The SMILES string of the molecule is CS(=O)(=O)c1ccc(-c2cn3cc(CC(=O)O)sc3n2)cc1. The Balaban J connectivity index is 1.93. The van der Waals surface area contributed by atoms with Crippen molar-refractivity contribution in [2.24, 2.45) is 0 Å². The van der Waals surface area contributed by atoms with Crippen molar-refractivity contribution in [2.75, 3.05) is 6.26 Å². The van der Waals surface area contributed by atoms with E-state index in [4.69, 9.17) is 5.11 Å². The number of hydrogen-bond donors (Lipinski definition) is 1. The highest BCUT2D eigenvalue weighted by Gasteiger charge is 2.11. The third kappa shape index (κ3) is 2.88. The summed E-state index contributed by atoms with van der Waals surface area (Å²) in [5.74, 6) is -0.874. The molecule has 0 fully saturated rings. The van der Waals surface area contributed by atoms with Crippen molar-refractivity contribution in [3.8, 4) is 11.3 Å². The number of imidazole rings is 1. The van der Waals surface area contributed by atoms with Crippen LogP contribution in [0.1, 0.15) is 4.88 Å². The van der Waals surface area contributed by atoms with Crippen LogP contribution in [-0.2, 0) is 21.1 Å². The first-order chi connectivity index (χ1) is 10.3. The Morgan fingerprint density at radius 2 is 1.95 bits per heavy atom. The van der Waals surface area contributed by atoms with Gasteiger partial charge in [0.15, 0.2) is 14.8 Å². The normalized spacial score (nSPS) is 11.9. The van der Waals surface area contributed by atoms with Gasteiger partial charge in [-0.3, -0.25) is 9.20 Å². The molecule has 0 aliphatic heterocycles. The van der Waals surface area contributed by atoms with Gasteiger partial charge in [-0.1, -0.05) is 12.1 Å². The maximum atomic E-state index is 11.4. The number of sulfone groups is 1. The second kappa shape index (κ2) is 5.22. The molecule has 114 valence electrons. The van der Waals surface area contributed by atoms with Gasteiger partial charge in [-0.05, 0) is 12.1 Å². The van der Waals surface area contributed by atoms with Crippen molar-refractivity contribution in [3.63, 3.8) is 0 Å². The van der Waals surface area contributed by atoms with Crippen molar-refractivity contribution in [2.45, 2.75) is 11.3 Å². The lowest BCUT2D eigenvalue weighted by molar-refractivity contribution is -0.136. The molecule has 0 amide bonds. The molecule has 0 saturated heterocycles. The minimum atomic E-state index is -3.21. The zero-order chi connectivity index (χ0) is 15.9. The first-order valence-corrected chi connectivity index (χ1v) is 9.03. The third-order valence-electron chi connectivity index (χ3n) is 3.11. The Hall–Kier alpha value is -2.19. The van der Waals surface area contributed by atoms with Gasteiger partial charge < -0.3 is 5.11 Å². The van der Waals surface area contributed by atoms with Crippen LogP contribution in [-0.4, -0.2) is 35.1 Å². The van der Waals surface area contributed by atoms with Gasteiger partial charge in [-0.25, -0.2) is 13.4 Å². The molecule has 3 aromatic rings. The second-order valence-corrected chi connectivity index (χ2v) is 7.99. The van der Waals surface area contributed by atoms with E-state index < -0.39 is 15.8 Å². The number of carbonyl (C=O) groups is 1. The maximum Gasteiger partial charge on any atom is 0.308 e. The highest BCUT2D eigenvalue weighted by molar-refractivity contribution is 7.90. The van der Waals surface area contributed by atoms with Crippen LogP contribution in [0.5, 0.6) is 0 Å². The molecule has 6 nitrogen and oxygen atoms in total. The minimum absolute atomic E-state index is 0.0214. The van der Waals surface area contributed by atoms with Gasteiger partial charge in [0.1, 0.15) is 0 Å². The summed E-state index contributed by atoms with van der Waals surface area (Å²) < 4.78 is 24.7. The summed E-state index contributed by atoms with van der Waals surface area (Å²) in [4.78, 5) is 16.8. The molecule has 1 aromatic carbocycles. The number of carboxylic acids is 1. The molecule has 0 aliphatic rings. The highest BCUT2D eigenvalue weighted by atomic mass is 32.2. The zero-order valence-electron chi connectivity index (χ0n) is 11.6. The van der Waals surface area contributed by atoms with Crippen LogP contribution in [0, 0.1) is 0 Å². The molecule has 8 heteroatoms. The molecule has 1 N–H and O–H groups in total. The monoisotopic (exact) mass is 336 g/mol. The van der Waals surface area contributed by atoms with E-state index in [0.29, 0.717) is 10.7 Å². The smallest absolute Gasteiger partial charge is 0.308 e. The van der Waals surface area contributed by atoms with Crippen LogP contribution >= 0.6 is 11.3 Å². The van der Waals surface area contributed by atoms with Crippen LogP contribution in [0.25, 0.3) is 16.2 Å². The molecule has 0 saturated carbocycles. The summed E-state index contributed by atoms with van der Waals surface area (Å²) in [6.07, 6.45) is 4.69. The van der Waals surface area contributed by atoms with Crippen LogP contribution < -0.4 is 0 Å². The van der Waals surface area contributed by atoms with Crippen LogP contribution in [0.4, 0.5) is 0 Å². The molecule has 0 aliphatic carbocycles. The molecular formula is C14H12N2O4S2. The fourth-order valence-electron chi connectivity index (χ4n) is 2.09. The van der Waals surface area contributed by atoms with E-state index in [-0.39, 0.29) is 11.3 Å². The molecule has 2 aromatic heterocycles. The van der Waals surface area contributed by atoms with E-state index in [2.05, 4.69) is 4.98 Å². The molecule has 3 rings (SSSR count). The van der Waals surface area contributed by atoms with Crippen molar-refractivity contribution in [1.82, 2.24) is 9.38 Å². The van der Waals surface area contributed by atoms with Gasteiger partial charge >= 0.3 is 5.97 Å². The topological polar surface area (TPSA) is 88.7 Å². The molecule has 0 unspecified atom stereocenters. The lowest BCUT2D eigenvalue weighted by Crippen LogP contribution is -1.97. The summed E-state index contributed by atoms with van der Waals surface area (Å²) >= 11 is 1.32. The maximum absolute atomic E-state index is 11.4. The number of fused-ring (bicyclic) bond motifs is 1. The van der Waals surface area contributed by atoms with Crippen LogP contribution in [0.15, 0.2) is 41.6 Å². The summed E-state index contributed by atoms with van der Waals surface area (Å²) in [6, 6.07) is 6.52. The van der Waals surface area contributed by atoms with E-state index in [9.17, 15) is 13.2 Å². The van der Waals surface area contributed by atoms with Crippen molar-refractivity contribution >= 4 is 32.1 Å². The summed E-state index contributed by atoms with van der Waals surface area (Å²) in [5.41, 5.74) is 1.52. The quantitative estimate of drug-likeness (QED) is 0.788. The fraction of sp³-hybridized carbons (Fsp3) is 0.143. The highest BCUT2D eigenvalue weighted by Crippen LogP contribution is 2.25. The largest absolute Gasteiger partial charge is 0.481 e. The van der Waals surface area contributed by atoms with Crippen molar-refractivity contribution in [3.05, 3.63) is 41.5 Å². The predicted molar refractivity (Wildman–Crippen MR) is 83.0 cm³/mol. The molecule has 0 radical (unpaired) electrons. The number of carboxylic acid groups (broad SMARTS) is 1. The average Bonchev–Trinajstić information content (AvgIpc) is 2.95. The zero-order valence-corrected chi connectivity index (χ0v) is 13.2. The minimum Gasteiger partial charge on any atom is -0.481 e. The van der Waals surface area contributed by atoms with Gasteiger partial charge in [-0.15, -0.1) is 11.3 Å². The van der Waals surface area contributed by atoms with Gasteiger partial charge in [0, 0.05) is 29.1 Å². The molecule has 2 heterocycles. The Kier molecular flexibility index (Phi) is 3.50. The number of rotatable bonds is 4. The Morgan fingerprint density at radius 1 is 1.27 bits per heavy atom.